The Bertz CT molecular complexity index is 859. The first-order valence-electron chi connectivity index (χ1n) is 6.76. The van der Waals surface area contributed by atoms with E-state index in [0.29, 0.717) is 11.3 Å². The molecule has 1 aromatic carbocycles. The number of aromatic nitrogens is 3. The molecule has 0 aliphatic heterocycles. The zero-order valence-electron chi connectivity index (χ0n) is 12.1. The molecule has 116 valence electrons. The zero-order chi connectivity index (χ0) is 16.4. The maximum absolute atomic E-state index is 12.3. The molecule has 0 aliphatic carbocycles. The monoisotopic (exact) mass is 390 g/mol. The summed E-state index contributed by atoms with van der Waals surface area (Å²) >= 11 is 9.43. The summed E-state index contributed by atoms with van der Waals surface area (Å²) in [6.07, 6.45) is 3.27. The summed E-state index contributed by atoms with van der Waals surface area (Å²) in [5, 5.41) is 7.21. The van der Waals surface area contributed by atoms with E-state index in [4.69, 9.17) is 11.6 Å². The van der Waals surface area contributed by atoms with Gasteiger partial charge in [0.05, 0.1) is 21.9 Å². The fourth-order valence-electron chi connectivity index (χ4n) is 2.23. The topological polar surface area (TPSA) is 59.8 Å². The Morgan fingerprint density at radius 3 is 2.83 bits per heavy atom. The second kappa shape index (κ2) is 6.52. The third kappa shape index (κ3) is 3.28. The predicted octanol–water partition coefficient (Wildman–Crippen LogP) is 4.15. The lowest BCUT2D eigenvalue weighted by atomic mass is 10.1. The first-order chi connectivity index (χ1) is 11.1. The third-order valence-corrected chi connectivity index (χ3v) is 4.17. The maximum atomic E-state index is 12.3. The summed E-state index contributed by atoms with van der Waals surface area (Å²) in [6.45, 7) is 0. The number of aryl methyl sites for hydroxylation is 1. The molecule has 5 nitrogen and oxygen atoms in total. The van der Waals surface area contributed by atoms with Gasteiger partial charge in [-0.25, -0.2) is 4.98 Å². The lowest BCUT2D eigenvalue weighted by molar-refractivity contribution is 0.102. The highest BCUT2D eigenvalue weighted by Crippen LogP contribution is 2.29. The normalized spacial score (nSPS) is 10.6. The van der Waals surface area contributed by atoms with E-state index in [1.807, 2.05) is 31.3 Å². The molecule has 0 bridgehead atoms. The summed E-state index contributed by atoms with van der Waals surface area (Å²) < 4.78 is 2.65. The number of anilines is 1. The van der Waals surface area contributed by atoms with Crippen LogP contribution in [0, 0.1) is 0 Å². The molecule has 1 N–H and O–H groups in total. The Morgan fingerprint density at radius 2 is 2.13 bits per heavy atom. The third-order valence-electron chi connectivity index (χ3n) is 3.29. The van der Waals surface area contributed by atoms with E-state index in [2.05, 4.69) is 31.3 Å². The average Bonchev–Trinajstić information content (AvgIpc) is 2.87. The minimum Gasteiger partial charge on any atom is -0.322 e. The molecule has 7 heteroatoms. The summed E-state index contributed by atoms with van der Waals surface area (Å²) in [5.41, 5.74) is 2.87. The molecule has 2 heterocycles. The van der Waals surface area contributed by atoms with E-state index in [1.165, 1.54) is 0 Å². The summed E-state index contributed by atoms with van der Waals surface area (Å²) in [5.74, 6) is -0.302. The number of nitrogens with one attached hydrogen (secondary N) is 1. The van der Waals surface area contributed by atoms with Gasteiger partial charge in [-0.2, -0.15) is 5.10 Å². The van der Waals surface area contributed by atoms with Gasteiger partial charge in [0, 0.05) is 24.5 Å². The van der Waals surface area contributed by atoms with Crippen LogP contribution in [-0.4, -0.2) is 20.7 Å². The smallest absolute Gasteiger partial charge is 0.258 e. The van der Waals surface area contributed by atoms with Crippen molar-refractivity contribution in [3.8, 4) is 11.3 Å². The molecule has 0 atom stereocenters. The Labute approximate surface area is 146 Å². The second-order valence-corrected chi connectivity index (χ2v) is 6.05. The van der Waals surface area contributed by atoms with Crippen LogP contribution in [0.25, 0.3) is 11.3 Å². The van der Waals surface area contributed by atoms with Crippen molar-refractivity contribution in [2.45, 2.75) is 0 Å². The molecule has 3 aromatic rings. The van der Waals surface area contributed by atoms with Gasteiger partial charge in [0.25, 0.3) is 5.91 Å². The SMILES string of the molecule is Cn1ncc(Br)c1-c1cccc(NC(=O)c2cccnc2Cl)c1. The summed E-state index contributed by atoms with van der Waals surface area (Å²) in [6, 6.07) is 10.8. The molecule has 0 saturated carbocycles. The zero-order valence-corrected chi connectivity index (χ0v) is 14.5. The number of halogens is 2. The van der Waals surface area contributed by atoms with Crippen molar-refractivity contribution in [1.29, 1.82) is 0 Å². The van der Waals surface area contributed by atoms with Crippen LogP contribution >= 0.6 is 27.5 Å². The Balaban J connectivity index is 1.89. The number of hydrogen-bond acceptors (Lipinski definition) is 3. The lowest BCUT2D eigenvalue weighted by Crippen LogP contribution is -2.12. The first kappa shape index (κ1) is 15.7. The van der Waals surface area contributed by atoms with E-state index in [1.54, 1.807) is 29.2 Å². The van der Waals surface area contributed by atoms with Crippen LogP contribution in [0.2, 0.25) is 5.15 Å². The number of nitrogens with zero attached hydrogens (tertiary/aromatic N) is 3. The van der Waals surface area contributed by atoms with Crippen LogP contribution in [0.3, 0.4) is 0 Å². The number of amides is 1. The Kier molecular flexibility index (Phi) is 4.45. The number of carbonyl (C=O) groups is 1. The summed E-state index contributed by atoms with van der Waals surface area (Å²) in [7, 11) is 1.86. The number of rotatable bonds is 3. The number of hydrogen-bond donors (Lipinski definition) is 1. The highest BCUT2D eigenvalue weighted by Gasteiger charge is 2.13. The van der Waals surface area contributed by atoms with Crippen molar-refractivity contribution >= 4 is 39.1 Å². The van der Waals surface area contributed by atoms with E-state index >= 15 is 0 Å². The minimum absolute atomic E-state index is 0.176. The molecule has 0 radical (unpaired) electrons. The van der Waals surface area contributed by atoms with Gasteiger partial charge in [0.15, 0.2) is 0 Å². The van der Waals surface area contributed by atoms with Gasteiger partial charge < -0.3 is 5.32 Å². The van der Waals surface area contributed by atoms with Crippen LogP contribution in [0.5, 0.6) is 0 Å². The van der Waals surface area contributed by atoms with Crippen LogP contribution in [0.4, 0.5) is 5.69 Å². The van der Waals surface area contributed by atoms with Gasteiger partial charge in [-0.05, 0) is 40.2 Å². The molecule has 0 spiro atoms. The van der Waals surface area contributed by atoms with E-state index in [9.17, 15) is 4.79 Å². The van der Waals surface area contributed by atoms with Crippen LogP contribution in [-0.2, 0) is 7.05 Å². The highest BCUT2D eigenvalue weighted by atomic mass is 79.9. The number of carbonyl (C=O) groups excluding carboxylic acids is 1. The largest absolute Gasteiger partial charge is 0.322 e. The minimum atomic E-state index is -0.302. The standard InChI is InChI=1S/C16H12BrClN4O/c1-22-14(13(17)9-20-22)10-4-2-5-11(8-10)21-16(23)12-6-3-7-19-15(12)18/h2-9H,1H3,(H,21,23). The molecule has 23 heavy (non-hydrogen) atoms. The van der Waals surface area contributed by atoms with Crippen LogP contribution < -0.4 is 5.32 Å². The van der Waals surface area contributed by atoms with E-state index in [-0.39, 0.29) is 11.1 Å². The lowest BCUT2D eigenvalue weighted by Gasteiger charge is -2.09. The fraction of sp³-hybridized carbons (Fsp3) is 0.0625. The van der Waals surface area contributed by atoms with Crippen molar-refractivity contribution in [2.24, 2.45) is 7.05 Å². The van der Waals surface area contributed by atoms with Crippen LogP contribution in [0.1, 0.15) is 10.4 Å². The van der Waals surface area contributed by atoms with Gasteiger partial charge in [-0.1, -0.05) is 23.7 Å². The Hall–Kier alpha value is -2.18. The van der Waals surface area contributed by atoms with Gasteiger partial charge in [0.2, 0.25) is 0 Å². The maximum Gasteiger partial charge on any atom is 0.258 e. The van der Waals surface area contributed by atoms with Gasteiger partial charge in [0.1, 0.15) is 5.15 Å². The van der Waals surface area contributed by atoms with Gasteiger partial charge in [-0.3, -0.25) is 9.48 Å². The molecule has 0 unspecified atom stereocenters. The van der Waals surface area contributed by atoms with Crippen molar-refractivity contribution in [1.82, 2.24) is 14.8 Å². The van der Waals surface area contributed by atoms with Crippen molar-refractivity contribution in [2.75, 3.05) is 5.32 Å². The quantitative estimate of drug-likeness (QED) is 0.682. The molecule has 0 aliphatic rings. The average molecular weight is 392 g/mol. The number of benzene rings is 1. The van der Waals surface area contributed by atoms with Crippen molar-refractivity contribution in [3.63, 3.8) is 0 Å². The fourth-order valence-corrected chi connectivity index (χ4v) is 3.02. The predicted molar refractivity (Wildman–Crippen MR) is 93.5 cm³/mol. The first-order valence-corrected chi connectivity index (χ1v) is 7.93. The molecule has 3 rings (SSSR count). The van der Waals surface area contributed by atoms with Gasteiger partial charge >= 0.3 is 0 Å². The molecule has 2 aromatic heterocycles. The van der Waals surface area contributed by atoms with E-state index < -0.39 is 0 Å². The number of pyridine rings is 1. The van der Waals surface area contributed by atoms with E-state index in [0.717, 1.165) is 15.7 Å². The summed E-state index contributed by atoms with van der Waals surface area (Å²) in [4.78, 5) is 16.2. The Morgan fingerprint density at radius 1 is 1.30 bits per heavy atom. The molecular formula is C16H12BrClN4O. The molecular weight excluding hydrogens is 380 g/mol. The van der Waals surface area contributed by atoms with Gasteiger partial charge in [-0.15, -0.1) is 0 Å². The van der Waals surface area contributed by atoms with Crippen molar-refractivity contribution in [3.05, 3.63) is 64.0 Å². The molecule has 0 fully saturated rings. The molecule has 0 saturated heterocycles. The molecule has 1 amide bonds. The highest BCUT2D eigenvalue weighted by molar-refractivity contribution is 9.10. The second-order valence-electron chi connectivity index (χ2n) is 4.84. The van der Waals surface area contributed by atoms with Crippen molar-refractivity contribution < 1.29 is 4.79 Å². The van der Waals surface area contributed by atoms with Crippen LogP contribution in [0.15, 0.2) is 53.3 Å².